The van der Waals surface area contributed by atoms with E-state index in [4.69, 9.17) is 16.3 Å². The third-order valence-electron chi connectivity index (χ3n) is 2.37. The number of halogens is 1. The van der Waals surface area contributed by atoms with E-state index in [-0.39, 0.29) is 6.10 Å². The molecule has 0 amide bonds. The number of ether oxygens (including phenoxy) is 1. The first-order chi connectivity index (χ1) is 7.29. The van der Waals surface area contributed by atoms with Crippen molar-refractivity contribution < 1.29 is 4.74 Å². The van der Waals surface area contributed by atoms with Crippen molar-refractivity contribution in [2.24, 2.45) is 0 Å². The Hall–Kier alpha value is -0.870. The van der Waals surface area contributed by atoms with Crippen LogP contribution in [0.5, 0.6) is 0 Å². The monoisotopic (exact) mass is 227 g/mol. The Bertz CT molecular complexity index is 334. The first kappa shape index (κ1) is 10.6. The van der Waals surface area contributed by atoms with Gasteiger partial charge < -0.3 is 9.64 Å². The molecule has 2 rings (SSSR count). The second kappa shape index (κ2) is 4.77. The number of morpholine rings is 1. The highest BCUT2D eigenvalue weighted by molar-refractivity contribution is 6.16. The third kappa shape index (κ3) is 2.58. The summed E-state index contributed by atoms with van der Waals surface area (Å²) < 4.78 is 5.47. The zero-order chi connectivity index (χ0) is 10.7. The largest absolute Gasteiger partial charge is 0.375 e. The number of hydrogen-bond acceptors (Lipinski definition) is 4. The van der Waals surface area contributed by atoms with Crippen molar-refractivity contribution in [1.82, 2.24) is 9.97 Å². The van der Waals surface area contributed by atoms with Gasteiger partial charge in [0.2, 0.25) is 0 Å². The summed E-state index contributed by atoms with van der Waals surface area (Å²) in [6.45, 7) is 4.53. The third-order valence-corrected chi connectivity index (χ3v) is 2.65. The second-order valence-electron chi connectivity index (χ2n) is 3.63. The first-order valence-corrected chi connectivity index (χ1v) is 5.56. The van der Waals surface area contributed by atoms with Crippen LogP contribution >= 0.6 is 11.6 Å². The molecule has 4 nitrogen and oxygen atoms in total. The standard InChI is InChI=1S/C10H14ClN3O/c1-8-7-14(2-3-15-8)10-6-12-5-9(4-11)13-10/h5-6,8H,2-4,7H2,1H3. The van der Waals surface area contributed by atoms with Gasteiger partial charge in [-0.1, -0.05) is 0 Å². The molecular weight excluding hydrogens is 214 g/mol. The number of rotatable bonds is 2. The second-order valence-corrected chi connectivity index (χ2v) is 3.90. The number of alkyl halides is 1. The maximum absolute atomic E-state index is 5.72. The Kier molecular flexibility index (Phi) is 3.38. The predicted molar refractivity (Wildman–Crippen MR) is 59.2 cm³/mol. The fraction of sp³-hybridized carbons (Fsp3) is 0.600. The Morgan fingerprint density at radius 1 is 1.60 bits per heavy atom. The predicted octanol–water partition coefficient (Wildman–Crippen LogP) is 1.44. The lowest BCUT2D eigenvalue weighted by molar-refractivity contribution is 0.0529. The van der Waals surface area contributed by atoms with E-state index in [1.165, 1.54) is 0 Å². The first-order valence-electron chi connectivity index (χ1n) is 5.03. The van der Waals surface area contributed by atoms with Crippen LogP contribution in [0, 0.1) is 0 Å². The molecule has 5 heteroatoms. The van der Waals surface area contributed by atoms with Crippen molar-refractivity contribution in [2.45, 2.75) is 18.9 Å². The van der Waals surface area contributed by atoms with Crippen LogP contribution in [0.25, 0.3) is 0 Å². The van der Waals surface area contributed by atoms with E-state index in [1.807, 2.05) is 0 Å². The minimum absolute atomic E-state index is 0.250. The molecular formula is C10H14ClN3O. The molecule has 0 spiro atoms. The van der Waals surface area contributed by atoms with E-state index in [0.717, 1.165) is 31.2 Å². The van der Waals surface area contributed by atoms with E-state index in [2.05, 4.69) is 21.8 Å². The maximum atomic E-state index is 5.72. The molecule has 0 aliphatic carbocycles. The van der Waals surface area contributed by atoms with Crippen molar-refractivity contribution >= 4 is 17.4 Å². The average molecular weight is 228 g/mol. The summed E-state index contributed by atoms with van der Waals surface area (Å²) in [5, 5.41) is 0. The van der Waals surface area contributed by atoms with E-state index < -0.39 is 0 Å². The molecule has 0 aromatic carbocycles. The van der Waals surface area contributed by atoms with Crippen molar-refractivity contribution in [2.75, 3.05) is 24.6 Å². The van der Waals surface area contributed by atoms with Gasteiger partial charge in [0.25, 0.3) is 0 Å². The van der Waals surface area contributed by atoms with Gasteiger partial charge in [-0.25, -0.2) is 4.98 Å². The summed E-state index contributed by atoms with van der Waals surface area (Å²) in [5.74, 6) is 1.30. The van der Waals surface area contributed by atoms with Crippen LogP contribution in [-0.2, 0) is 10.6 Å². The van der Waals surface area contributed by atoms with Crippen molar-refractivity contribution in [3.8, 4) is 0 Å². The molecule has 2 heterocycles. The summed E-state index contributed by atoms with van der Waals surface area (Å²) >= 11 is 5.72. The van der Waals surface area contributed by atoms with Crippen LogP contribution in [-0.4, -0.2) is 35.8 Å². The van der Waals surface area contributed by atoms with Gasteiger partial charge in [0.1, 0.15) is 5.82 Å². The zero-order valence-electron chi connectivity index (χ0n) is 8.69. The lowest BCUT2D eigenvalue weighted by Crippen LogP contribution is -2.41. The van der Waals surface area contributed by atoms with Crippen LogP contribution in [0.1, 0.15) is 12.6 Å². The minimum Gasteiger partial charge on any atom is -0.375 e. The van der Waals surface area contributed by atoms with Gasteiger partial charge in [0.05, 0.1) is 30.5 Å². The van der Waals surface area contributed by atoms with Gasteiger partial charge in [0, 0.05) is 19.3 Å². The molecule has 82 valence electrons. The fourth-order valence-electron chi connectivity index (χ4n) is 1.64. The van der Waals surface area contributed by atoms with Gasteiger partial charge in [0.15, 0.2) is 0 Å². The molecule has 1 aliphatic heterocycles. The molecule has 0 N–H and O–H groups in total. The van der Waals surface area contributed by atoms with E-state index in [0.29, 0.717) is 5.88 Å². The molecule has 1 unspecified atom stereocenters. The summed E-state index contributed by atoms with van der Waals surface area (Å²) in [6.07, 6.45) is 3.72. The highest BCUT2D eigenvalue weighted by Crippen LogP contribution is 2.14. The zero-order valence-corrected chi connectivity index (χ0v) is 9.44. The van der Waals surface area contributed by atoms with Crippen LogP contribution in [0.15, 0.2) is 12.4 Å². The molecule has 0 radical (unpaired) electrons. The SMILES string of the molecule is CC1CN(c2cncc(CCl)n2)CCO1. The van der Waals surface area contributed by atoms with E-state index >= 15 is 0 Å². The number of nitrogens with zero attached hydrogens (tertiary/aromatic N) is 3. The van der Waals surface area contributed by atoms with Gasteiger partial charge in [-0.15, -0.1) is 11.6 Å². The summed E-state index contributed by atoms with van der Waals surface area (Å²) in [5.41, 5.74) is 0.813. The summed E-state index contributed by atoms with van der Waals surface area (Å²) in [4.78, 5) is 10.7. The minimum atomic E-state index is 0.250. The van der Waals surface area contributed by atoms with Gasteiger partial charge >= 0.3 is 0 Å². The number of anilines is 1. The lowest BCUT2D eigenvalue weighted by atomic mass is 10.3. The molecule has 15 heavy (non-hydrogen) atoms. The Morgan fingerprint density at radius 2 is 2.47 bits per heavy atom. The number of aromatic nitrogens is 2. The van der Waals surface area contributed by atoms with Gasteiger partial charge in [-0.3, -0.25) is 4.98 Å². The highest BCUT2D eigenvalue weighted by Gasteiger charge is 2.18. The lowest BCUT2D eigenvalue weighted by Gasteiger charge is -2.31. The molecule has 0 saturated carbocycles. The van der Waals surface area contributed by atoms with E-state index in [1.54, 1.807) is 12.4 Å². The van der Waals surface area contributed by atoms with Crippen LogP contribution in [0.4, 0.5) is 5.82 Å². The molecule has 1 aliphatic rings. The summed E-state index contributed by atoms with van der Waals surface area (Å²) in [7, 11) is 0. The highest BCUT2D eigenvalue weighted by atomic mass is 35.5. The quantitative estimate of drug-likeness (QED) is 0.717. The normalized spacial score (nSPS) is 21.7. The summed E-state index contributed by atoms with van der Waals surface area (Å²) in [6, 6.07) is 0. The van der Waals surface area contributed by atoms with Crippen molar-refractivity contribution in [3.05, 3.63) is 18.1 Å². The fourth-order valence-corrected chi connectivity index (χ4v) is 1.77. The van der Waals surface area contributed by atoms with Crippen LogP contribution in [0.3, 0.4) is 0 Å². The van der Waals surface area contributed by atoms with Crippen LogP contribution < -0.4 is 4.90 Å². The number of hydrogen-bond donors (Lipinski definition) is 0. The van der Waals surface area contributed by atoms with Gasteiger partial charge in [-0.05, 0) is 6.92 Å². The molecule has 1 atom stereocenters. The molecule has 0 bridgehead atoms. The van der Waals surface area contributed by atoms with Crippen LogP contribution in [0.2, 0.25) is 0 Å². The molecule has 1 aromatic heterocycles. The molecule has 1 saturated heterocycles. The average Bonchev–Trinajstić information content (AvgIpc) is 2.29. The Labute approximate surface area is 94.2 Å². The van der Waals surface area contributed by atoms with Crippen molar-refractivity contribution in [3.63, 3.8) is 0 Å². The Morgan fingerprint density at radius 3 is 3.20 bits per heavy atom. The smallest absolute Gasteiger partial charge is 0.147 e. The topological polar surface area (TPSA) is 38.2 Å². The molecule has 1 fully saturated rings. The van der Waals surface area contributed by atoms with Crippen molar-refractivity contribution in [1.29, 1.82) is 0 Å². The Balaban J connectivity index is 2.13. The van der Waals surface area contributed by atoms with E-state index in [9.17, 15) is 0 Å². The maximum Gasteiger partial charge on any atom is 0.147 e. The van der Waals surface area contributed by atoms with Gasteiger partial charge in [-0.2, -0.15) is 0 Å². The molecule has 1 aromatic rings.